The highest BCUT2D eigenvalue weighted by Crippen LogP contribution is 2.21. The molecule has 27 heavy (non-hydrogen) atoms. The van der Waals surface area contributed by atoms with Crippen LogP contribution in [0.15, 0.2) is 66.3 Å². The lowest BCUT2D eigenvalue weighted by atomic mass is 10.0. The number of ether oxygens (including phenoxy) is 1. The van der Waals surface area contributed by atoms with Gasteiger partial charge in [0, 0.05) is 13.0 Å². The zero-order valence-corrected chi connectivity index (χ0v) is 15.1. The third-order valence-electron chi connectivity index (χ3n) is 4.32. The quantitative estimate of drug-likeness (QED) is 0.701. The minimum atomic E-state index is -0.543. The van der Waals surface area contributed by atoms with Gasteiger partial charge < -0.3 is 14.5 Å². The first kappa shape index (κ1) is 18.6. The molecule has 3 rings (SSSR count). The summed E-state index contributed by atoms with van der Waals surface area (Å²) in [5, 5.41) is 4.14. The molecule has 5 nitrogen and oxygen atoms in total. The Labute approximate surface area is 157 Å². The van der Waals surface area contributed by atoms with Crippen LogP contribution in [0.25, 0.3) is 0 Å². The Morgan fingerprint density at radius 1 is 1.33 bits per heavy atom. The molecule has 140 valence electrons. The average molecular weight is 368 g/mol. The molecule has 0 saturated heterocycles. The molecule has 0 radical (unpaired) electrons. The second-order valence-electron chi connectivity index (χ2n) is 6.18. The van der Waals surface area contributed by atoms with Crippen molar-refractivity contribution in [2.45, 2.75) is 12.5 Å². The van der Waals surface area contributed by atoms with Gasteiger partial charge in [0.15, 0.2) is 6.10 Å². The number of methoxy groups -OCH3 is 1. The number of carbonyl (C=O) groups is 1. The number of hydrogen-bond donors (Lipinski definition) is 0. The van der Waals surface area contributed by atoms with Gasteiger partial charge in [-0.15, -0.1) is 6.58 Å². The molecule has 2 aromatic rings. The molecule has 1 aliphatic rings. The maximum Gasteiger partial charge on any atom is 0.257 e. The van der Waals surface area contributed by atoms with Crippen LogP contribution in [0.3, 0.4) is 0 Å². The zero-order chi connectivity index (χ0) is 19.2. The van der Waals surface area contributed by atoms with Crippen LogP contribution in [0.4, 0.5) is 4.39 Å². The highest BCUT2D eigenvalue weighted by molar-refractivity contribution is 6.01. The van der Waals surface area contributed by atoms with E-state index < -0.39 is 11.7 Å². The fourth-order valence-corrected chi connectivity index (χ4v) is 2.93. The van der Waals surface area contributed by atoms with Gasteiger partial charge in [0.1, 0.15) is 11.6 Å². The molecule has 1 amide bonds. The summed E-state index contributed by atoms with van der Waals surface area (Å²) in [5.74, 6) is -0.170. The molecular formula is C21H21FN2O3. The summed E-state index contributed by atoms with van der Waals surface area (Å²) in [6.45, 7) is 4.27. The molecule has 2 aromatic carbocycles. The monoisotopic (exact) mass is 368 g/mol. The zero-order valence-electron chi connectivity index (χ0n) is 15.1. The second kappa shape index (κ2) is 8.49. The first-order chi connectivity index (χ1) is 13.1. The molecule has 0 bridgehead atoms. The Morgan fingerprint density at radius 3 is 2.74 bits per heavy atom. The van der Waals surface area contributed by atoms with Crippen LogP contribution in [0.5, 0.6) is 5.75 Å². The van der Waals surface area contributed by atoms with Crippen LogP contribution in [0.2, 0.25) is 0 Å². The largest absolute Gasteiger partial charge is 0.497 e. The molecule has 1 aliphatic heterocycles. The van der Waals surface area contributed by atoms with E-state index in [1.165, 1.54) is 17.0 Å². The molecule has 6 heteroatoms. The number of nitrogens with zero attached hydrogens (tertiary/aromatic N) is 2. The van der Waals surface area contributed by atoms with Gasteiger partial charge in [0.05, 0.1) is 24.9 Å². The summed E-state index contributed by atoms with van der Waals surface area (Å²) in [7, 11) is 1.61. The predicted molar refractivity (Wildman–Crippen MR) is 102 cm³/mol. The topological polar surface area (TPSA) is 51.1 Å². The summed E-state index contributed by atoms with van der Waals surface area (Å²) in [6, 6.07) is 13.5. The Balaban J connectivity index is 1.67. The van der Waals surface area contributed by atoms with Crippen LogP contribution >= 0.6 is 0 Å². The van der Waals surface area contributed by atoms with Gasteiger partial charge in [-0.1, -0.05) is 23.4 Å². The lowest BCUT2D eigenvalue weighted by Gasteiger charge is -2.23. The first-order valence-corrected chi connectivity index (χ1v) is 8.64. The molecule has 1 atom stereocenters. The standard InChI is InChI=1S/C21H21FN2O3/c1-3-12-24(21(25)18-6-4-5-7-19(18)22)14-17-13-20(23-27-17)15-8-10-16(26-2)11-9-15/h3-11,17H,1,12-14H2,2H3/t17-/m1/s1. The molecule has 0 saturated carbocycles. The summed E-state index contributed by atoms with van der Waals surface area (Å²) in [5.41, 5.74) is 1.78. The van der Waals surface area contributed by atoms with Crippen molar-refractivity contribution < 1.29 is 18.8 Å². The maximum absolute atomic E-state index is 14.0. The van der Waals surface area contributed by atoms with Crippen molar-refractivity contribution in [2.75, 3.05) is 20.2 Å². The molecule has 0 spiro atoms. The lowest BCUT2D eigenvalue weighted by molar-refractivity contribution is 0.0447. The Hall–Kier alpha value is -3.15. The van der Waals surface area contributed by atoms with E-state index >= 15 is 0 Å². The minimum Gasteiger partial charge on any atom is -0.497 e. The van der Waals surface area contributed by atoms with Crippen molar-refractivity contribution in [1.82, 2.24) is 4.90 Å². The van der Waals surface area contributed by atoms with E-state index in [1.54, 1.807) is 25.3 Å². The number of halogens is 1. The molecule has 0 aromatic heterocycles. The Bertz CT molecular complexity index is 849. The van der Waals surface area contributed by atoms with Crippen LogP contribution in [-0.2, 0) is 4.84 Å². The minimum absolute atomic E-state index is 0.0358. The van der Waals surface area contributed by atoms with Crippen LogP contribution < -0.4 is 4.74 Å². The van der Waals surface area contributed by atoms with Crippen molar-refractivity contribution in [1.29, 1.82) is 0 Å². The lowest BCUT2D eigenvalue weighted by Crippen LogP contribution is -2.38. The summed E-state index contributed by atoms with van der Waals surface area (Å²) < 4.78 is 19.1. The van der Waals surface area contributed by atoms with Gasteiger partial charge in [-0.25, -0.2) is 4.39 Å². The van der Waals surface area contributed by atoms with Crippen LogP contribution in [0, 0.1) is 5.82 Å². The number of carbonyl (C=O) groups excluding carboxylic acids is 1. The smallest absolute Gasteiger partial charge is 0.257 e. The van der Waals surface area contributed by atoms with Crippen molar-refractivity contribution in [3.8, 4) is 5.75 Å². The SMILES string of the molecule is C=CCN(C[C@H]1CC(c2ccc(OC)cc2)=NO1)C(=O)c1ccccc1F. The second-order valence-corrected chi connectivity index (χ2v) is 6.18. The van der Waals surface area contributed by atoms with Gasteiger partial charge >= 0.3 is 0 Å². The van der Waals surface area contributed by atoms with E-state index in [9.17, 15) is 9.18 Å². The molecule has 0 unspecified atom stereocenters. The number of hydrogen-bond acceptors (Lipinski definition) is 4. The normalized spacial score (nSPS) is 15.6. The molecular weight excluding hydrogens is 347 g/mol. The number of amides is 1. The van der Waals surface area contributed by atoms with E-state index in [0.717, 1.165) is 17.0 Å². The fourth-order valence-electron chi connectivity index (χ4n) is 2.93. The first-order valence-electron chi connectivity index (χ1n) is 8.64. The average Bonchev–Trinajstić information content (AvgIpc) is 3.16. The van der Waals surface area contributed by atoms with Crippen LogP contribution in [-0.4, -0.2) is 42.8 Å². The highest BCUT2D eigenvalue weighted by atomic mass is 19.1. The van der Waals surface area contributed by atoms with Crippen LogP contribution in [0.1, 0.15) is 22.3 Å². The summed E-state index contributed by atoms with van der Waals surface area (Å²) in [6.07, 6.45) is 1.88. The van der Waals surface area contributed by atoms with Crippen molar-refractivity contribution in [3.63, 3.8) is 0 Å². The molecule has 0 fully saturated rings. The van der Waals surface area contributed by atoms with Gasteiger partial charge in [-0.05, 0) is 42.0 Å². The van der Waals surface area contributed by atoms with E-state index in [-0.39, 0.29) is 11.7 Å². The number of rotatable bonds is 7. The third-order valence-corrected chi connectivity index (χ3v) is 4.32. The van der Waals surface area contributed by atoms with Gasteiger partial charge in [-0.2, -0.15) is 0 Å². The predicted octanol–water partition coefficient (Wildman–Crippen LogP) is 3.66. The fraction of sp³-hybridized carbons (Fsp3) is 0.238. The van der Waals surface area contributed by atoms with E-state index in [4.69, 9.17) is 9.57 Å². The molecule has 1 heterocycles. The molecule has 0 aliphatic carbocycles. The van der Waals surface area contributed by atoms with Crippen molar-refractivity contribution in [3.05, 3.63) is 78.1 Å². The van der Waals surface area contributed by atoms with E-state index in [1.807, 2.05) is 24.3 Å². The summed E-state index contributed by atoms with van der Waals surface area (Å²) in [4.78, 5) is 19.7. The van der Waals surface area contributed by atoms with Gasteiger partial charge in [0.2, 0.25) is 0 Å². The molecule has 0 N–H and O–H groups in total. The summed E-state index contributed by atoms with van der Waals surface area (Å²) >= 11 is 0. The van der Waals surface area contributed by atoms with Gasteiger partial charge in [-0.3, -0.25) is 4.79 Å². The highest BCUT2D eigenvalue weighted by Gasteiger charge is 2.27. The van der Waals surface area contributed by atoms with E-state index in [2.05, 4.69) is 11.7 Å². The Morgan fingerprint density at radius 2 is 2.07 bits per heavy atom. The van der Waals surface area contributed by atoms with E-state index in [0.29, 0.717) is 19.5 Å². The Kier molecular flexibility index (Phi) is 5.86. The van der Waals surface area contributed by atoms with Gasteiger partial charge in [0.25, 0.3) is 5.91 Å². The number of benzene rings is 2. The maximum atomic E-state index is 14.0. The van der Waals surface area contributed by atoms with Crippen molar-refractivity contribution >= 4 is 11.6 Å². The third kappa shape index (κ3) is 4.34. The number of oxime groups is 1. The van der Waals surface area contributed by atoms with Crippen molar-refractivity contribution in [2.24, 2.45) is 5.16 Å².